The zero-order valence-corrected chi connectivity index (χ0v) is 10.3. The van der Waals surface area contributed by atoms with Gasteiger partial charge in [0, 0.05) is 30.4 Å². The van der Waals surface area contributed by atoms with Gasteiger partial charge in [0.05, 0.1) is 11.5 Å². The van der Waals surface area contributed by atoms with E-state index in [4.69, 9.17) is 5.11 Å². The highest BCUT2D eigenvalue weighted by Crippen LogP contribution is 2.29. The average Bonchev–Trinajstić information content (AvgIpc) is 2.89. The summed E-state index contributed by atoms with van der Waals surface area (Å²) in [6.07, 6.45) is 4.59. The first-order chi connectivity index (χ1) is 8.72. The van der Waals surface area contributed by atoms with Crippen LogP contribution >= 0.6 is 0 Å². The lowest BCUT2D eigenvalue weighted by molar-refractivity contribution is -0.384. The summed E-state index contributed by atoms with van der Waals surface area (Å²) >= 11 is 0. The monoisotopic (exact) mass is 250 g/mol. The number of hydrogen-bond acceptors (Lipinski definition) is 4. The number of rotatable bonds is 5. The molecule has 98 valence electrons. The second kappa shape index (κ2) is 5.82. The first-order valence-corrected chi connectivity index (χ1v) is 6.34. The third-order valence-corrected chi connectivity index (χ3v) is 3.48. The van der Waals surface area contributed by atoms with E-state index in [-0.39, 0.29) is 17.2 Å². The van der Waals surface area contributed by atoms with Crippen LogP contribution in [0.1, 0.15) is 25.7 Å². The van der Waals surface area contributed by atoms with Crippen LogP contribution in [0.2, 0.25) is 0 Å². The van der Waals surface area contributed by atoms with Gasteiger partial charge in [-0.2, -0.15) is 0 Å². The van der Waals surface area contributed by atoms with Gasteiger partial charge >= 0.3 is 0 Å². The van der Waals surface area contributed by atoms with E-state index in [1.54, 1.807) is 12.1 Å². The van der Waals surface area contributed by atoms with E-state index >= 15 is 0 Å². The number of nitrogens with zero attached hydrogens (tertiary/aromatic N) is 2. The fourth-order valence-electron chi connectivity index (χ4n) is 2.63. The van der Waals surface area contributed by atoms with E-state index in [2.05, 4.69) is 4.90 Å². The highest BCUT2D eigenvalue weighted by molar-refractivity contribution is 5.54. The summed E-state index contributed by atoms with van der Waals surface area (Å²) in [5, 5.41) is 20.0. The molecule has 2 rings (SSSR count). The third-order valence-electron chi connectivity index (χ3n) is 3.48. The molecule has 5 heteroatoms. The van der Waals surface area contributed by atoms with E-state index in [1.807, 2.05) is 6.07 Å². The van der Waals surface area contributed by atoms with E-state index in [9.17, 15) is 10.1 Å². The minimum absolute atomic E-state index is 0.0686. The van der Waals surface area contributed by atoms with Crippen LogP contribution in [-0.4, -0.2) is 29.2 Å². The molecule has 0 amide bonds. The largest absolute Gasteiger partial charge is 0.395 e. The maximum Gasteiger partial charge on any atom is 0.271 e. The minimum atomic E-state index is -0.380. The van der Waals surface area contributed by atoms with Crippen molar-refractivity contribution in [2.24, 2.45) is 0 Å². The number of non-ortho nitro benzene ring substituents is 1. The summed E-state index contributed by atoms with van der Waals surface area (Å²) in [6.45, 7) is 0.602. The van der Waals surface area contributed by atoms with Gasteiger partial charge in [0.25, 0.3) is 5.69 Å². The lowest BCUT2D eigenvalue weighted by Gasteiger charge is -2.30. The lowest BCUT2D eigenvalue weighted by Crippen LogP contribution is -2.35. The molecule has 1 N–H and O–H groups in total. The molecule has 0 aromatic heterocycles. The van der Waals surface area contributed by atoms with Gasteiger partial charge in [0.2, 0.25) is 0 Å². The number of benzene rings is 1. The van der Waals surface area contributed by atoms with Gasteiger partial charge in [0.15, 0.2) is 0 Å². The van der Waals surface area contributed by atoms with Gasteiger partial charge in [-0.1, -0.05) is 18.9 Å². The van der Waals surface area contributed by atoms with Crippen molar-refractivity contribution in [3.63, 3.8) is 0 Å². The lowest BCUT2D eigenvalue weighted by atomic mass is 10.1. The van der Waals surface area contributed by atoms with Crippen LogP contribution in [0.3, 0.4) is 0 Å². The predicted molar refractivity (Wildman–Crippen MR) is 69.8 cm³/mol. The maximum absolute atomic E-state index is 10.8. The molecule has 1 aliphatic carbocycles. The normalized spacial score (nSPS) is 15.8. The molecular formula is C13H18N2O3. The van der Waals surface area contributed by atoms with E-state index in [0.29, 0.717) is 12.6 Å². The standard InChI is InChI=1S/C13H18N2O3/c16-9-8-14(11-4-1-2-5-11)12-6-3-7-13(10-12)15(17)18/h3,6-7,10-11,16H,1-2,4-5,8-9H2. The molecule has 0 radical (unpaired) electrons. The molecule has 1 aromatic rings. The van der Waals surface area contributed by atoms with Crippen LogP contribution in [0.25, 0.3) is 0 Å². The van der Waals surface area contributed by atoms with Crippen LogP contribution in [0.5, 0.6) is 0 Å². The maximum atomic E-state index is 10.8. The summed E-state index contributed by atoms with van der Waals surface area (Å²) in [6, 6.07) is 7.07. The Morgan fingerprint density at radius 1 is 1.39 bits per heavy atom. The van der Waals surface area contributed by atoms with Gasteiger partial charge in [-0.05, 0) is 18.9 Å². The Labute approximate surface area is 106 Å². The zero-order chi connectivity index (χ0) is 13.0. The van der Waals surface area contributed by atoms with Gasteiger partial charge in [-0.15, -0.1) is 0 Å². The first-order valence-electron chi connectivity index (χ1n) is 6.34. The predicted octanol–water partition coefficient (Wildman–Crippen LogP) is 2.34. The average molecular weight is 250 g/mol. The summed E-state index contributed by atoms with van der Waals surface area (Å²) in [5.74, 6) is 0. The summed E-state index contributed by atoms with van der Waals surface area (Å²) < 4.78 is 0. The summed E-state index contributed by atoms with van der Waals surface area (Å²) in [5.41, 5.74) is 0.943. The van der Waals surface area contributed by atoms with Crippen molar-refractivity contribution < 1.29 is 10.0 Å². The van der Waals surface area contributed by atoms with Crippen molar-refractivity contribution in [2.45, 2.75) is 31.7 Å². The van der Waals surface area contributed by atoms with Gasteiger partial charge < -0.3 is 10.0 Å². The van der Waals surface area contributed by atoms with Crippen LogP contribution in [0.4, 0.5) is 11.4 Å². The van der Waals surface area contributed by atoms with E-state index < -0.39 is 0 Å². The molecule has 1 aromatic carbocycles. The van der Waals surface area contributed by atoms with Crippen molar-refractivity contribution in [1.82, 2.24) is 0 Å². The summed E-state index contributed by atoms with van der Waals surface area (Å²) in [7, 11) is 0. The molecule has 18 heavy (non-hydrogen) atoms. The smallest absolute Gasteiger partial charge is 0.271 e. The molecule has 0 bridgehead atoms. The molecule has 0 spiro atoms. The Morgan fingerprint density at radius 2 is 2.11 bits per heavy atom. The van der Waals surface area contributed by atoms with E-state index in [1.165, 1.54) is 18.9 Å². The van der Waals surface area contributed by atoms with Crippen molar-refractivity contribution in [3.05, 3.63) is 34.4 Å². The number of nitro benzene ring substituents is 1. The molecule has 0 unspecified atom stereocenters. The molecule has 1 aliphatic rings. The van der Waals surface area contributed by atoms with Crippen LogP contribution < -0.4 is 4.90 Å². The third kappa shape index (κ3) is 2.79. The first kappa shape index (κ1) is 12.8. The zero-order valence-electron chi connectivity index (χ0n) is 10.3. The molecular weight excluding hydrogens is 232 g/mol. The second-order valence-corrected chi connectivity index (χ2v) is 4.63. The molecule has 5 nitrogen and oxygen atoms in total. The Balaban J connectivity index is 2.23. The van der Waals surface area contributed by atoms with Crippen LogP contribution in [0.15, 0.2) is 24.3 Å². The van der Waals surface area contributed by atoms with Crippen molar-refractivity contribution in [1.29, 1.82) is 0 Å². The Morgan fingerprint density at radius 3 is 2.72 bits per heavy atom. The quantitative estimate of drug-likeness (QED) is 0.643. The van der Waals surface area contributed by atoms with Gasteiger partial charge in [-0.25, -0.2) is 0 Å². The molecule has 1 saturated carbocycles. The summed E-state index contributed by atoms with van der Waals surface area (Å²) in [4.78, 5) is 12.5. The topological polar surface area (TPSA) is 66.6 Å². The number of aliphatic hydroxyl groups excluding tert-OH is 1. The molecule has 1 fully saturated rings. The van der Waals surface area contributed by atoms with Gasteiger partial charge in [-0.3, -0.25) is 10.1 Å². The van der Waals surface area contributed by atoms with Crippen molar-refractivity contribution >= 4 is 11.4 Å². The molecule has 0 atom stereocenters. The number of aliphatic hydroxyl groups is 1. The molecule has 0 aliphatic heterocycles. The fourth-order valence-corrected chi connectivity index (χ4v) is 2.63. The van der Waals surface area contributed by atoms with Crippen molar-refractivity contribution in [2.75, 3.05) is 18.1 Å². The van der Waals surface area contributed by atoms with Crippen molar-refractivity contribution in [3.8, 4) is 0 Å². The van der Waals surface area contributed by atoms with Crippen LogP contribution in [0, 0.1) is 10.1 Å². The van der Waals surface area contributed by atoms with E-state index in [0.717, 1.165) is 18.5 Å². The SMILES string of the molecule is O=[N+]([O-])c1cccc(N(CCO)C2CCCC2)c1. The fraction of sp³-hybridized carbons (Fsp3) is 0.538. The second-order valence-electron chi connectivity index (χ2n) is 4.63. The highest BCUT2D eigenvalue weighted by Gasteiger charge is 2.23. The Bertz CT molecular complexity index is 416. The Kier molecular flexibility index (Phi) is 4.15. The number of anilines is 1. The highest BCUT2D eigenvalue weighted by atomic mass is 16.6. The van der Waals surface area contributed by atoms with Crippen LogP contribution in [-0.2, 0) is 0 Å². The number of hydrogen-bond donors (Lipinski definition) is 1. The minimum Gasteiger partial charge on any atom is -0.395 e. The molecule has 0 saturated heterocycles. The number of nitro groups is 1. The van der Waals surface area contributed by atoms with Gasteiger partial charge in [0.1, 0.15) is 0 Å². The molecule has 0 heterocycles. The Hall–Kier alpha value is -1.62.